The van der Waals surface area contributed by atoms with Gasteiger partial charge >= 0.3 is 0 Å². The van der Waals surface area contributed by atoms with Gasteiger partial charge in [0.05, 0.1) is 5.92 Å². The van der Waals surface area contributed by atoms with E-state index < -0.39 is 17.8 Å². The highest BCUT2D eigenvalue weighted by atomic mass is 35.5. The predicted octanol–water partition coefficient (Wildman–Crippen LogP) is 2.58. The largest absolute Gasteiger partial charge is 0.370 e. The number of halogens is 2. The van der Waals surface area contributed by atoms with Crippen LogP contribution in [0.25, 0.3) is 0 Å². The Kier molecular flexibility index (Phi) is 6.53. The SMILES string of the molecule is Cl.N=C(N)NC(=O)C(Cc1ccccc1F)c1ccccc1. The van der Waals surface area contributed by atoms with E-state index in [2.05, 4.69) is 5.32 Å². The maximum atomic E-state index is 13.8. The van der Waals surface area contributed by atoms with Gasteiger partial charge in [-0.05, 0) is 23.6 Å². The Morgan fingerprint density at radius 2 is 1.73 bits per heavy atom. The highest BCUT2D eigenvalue weighted by Crippen LogP contribution is 2.22. The summed E-state index contributed by atoms with van der Waals surface area (Å²) in [5, 5.41) is 9.46. The number of rotatable bonds is 4. The Morgan fingerprint density at radius 1 is 1.14 bits per heavy atom. The van der Waals surface area contributed by atoms with Gasteiger partial charge in [-0.3, -0.25) is 15.5 Å². The normalized spacial score (nSPS) is 11.1. The van der Waals surface area contributed by atoms with Crippen LogP contribution in [0.15, 0.2) is 54.6 Å². The molecule has 0 fully saturated rings. The summed E-state index contributed by atoms with van der Waals surface area (Å²) in [4.78, 5) is 12.2. The lowest BCUT2D eigenvalue weighted by Crippen LogP contribution is -2.39. The minimum absolute atomic E-state index is 0. The molecule has 22 heavy (non-hydrogen) atoms. The van der Waals surface area contributed by atoms with E-state index in [1.165, 1.54) is 6.07 Å². The van der Waals surface area contributed by atoms with Crippen molar-refractivity contribution < 1.29 is 9.18 Å². The summed E-state index contributed by atoms with van der Waals surface area (Å²) in [6.07, 6.45) is 0.204. The van der Waals surface area contributed by atoms with Gasteiger partial charge in [-0.2, -0.15) is 0 Å². The number of carbonyl (C=O) groups excluding carboxylic acids is 1. The minimum atomic E-state index is -0.605. The number of guanidine groups is 1. The van der Waals surface area contributed by atoms with Crippen molar-refractivity contribution >= 4 is 24.3 Å². The number of nitrogens with one attached hydrogen (secondary N) is 2. The summed E-state index contributed by atoms with van der Waals surface area (Å²) in [5.74, 6) is -1.80. The third-order valence-electron chi connectivity index (χ3n) is 3.16. The zero-order valence-electron chi connectivity index (χ0n) is 11.8. The zero-order chi connectivity index (χ0) is 15.2. The maximum Gasteiger partial charge on any atom is 0.234 e. The lowest BCUT2D eigenvalue weighted by atomic mass is 9.91. The van der Waals surface area contributed by atoms with Gasteiger partial charge in [-0.25, -0.2) is 4.39 Å². The van der Waals surface area contributed by atoms with Crippen molar-refractivity contribution in [2.45, 2.75) is 12.3 Å². The van der Waals surface area contributed by atoms with Crippen LogP contribution in [-0.2, 0) is 11.2 Å². The molecule has 116 valence electrons. The van der Waals surface area contributed by atoms with Crippen molar-refractivity contribution in [1.29, 1.82) is 5.41 Å². The van der Waals surface area contributed by atoms with Gasteiger partial charge in [0.1, 0.15) is 5.82 Å². The van der Waals surface area contributed by atoms with Gasteiger partial charge in [0.25, 0.3) is 0 Å². The van der Waals surface area contributed by atoms with Crippen molar-refractivity contribution in [3.05, 3.63) is 71.5 Å². The van der Waals surface area contributed by atoms with Crippen LogP contribution >= 0.6 is 12.4 Å². The molecule has 0 saturated heterocycles. The number of carbonyl (C=O) groups is 1. The van der Waals surface area contributed by atoms with E-state index in [4.69, 9.17) is 11.1 Å². The van der Waals surface area contributed by atoms with Gasteiger partial charge in [-0.1, -0.05) is 48.5 Å². The Hall–Kier alpha value is -2.40. The maximum absolute atomic E-state index is 13.8. The molecule has 0 heterocycles. The Morgan fingerprint density at radius 3 is 2.32 bits per heavy atom. The molecule has 0 saturated carbocycles. The molecule has 2 aromatic carbocycles. The van der Waals surface area contributed by atoms with Crippen LogP contribution in [0.5, 0.6) is 0 Å². The second kappa shape index (κ2) is 8.14. The van der Waals surface area contributed by atoms with Crippen molar-refractivity contribution in [2.75, 3.05) is 0 Å². The van der Waals surface area contributed by atoms with E-state index in [0.717, 1.165) is 5.56 Å². The summed E-state index contributed by atoms with van der Waals surface area (Å²) in [6, 6.07) is 15.4. The molecule has 1 unspecified atom stereocenters. The Bertz CT molecular complexity index is 649. The van der Waals surface area contributed by atoms with Gasteiger partial charge in [0, 0.05) is 0 Å². The van der Waals surface area contributed by atoms with Crippen LogP contribution in [-0.4, -0.2) is 11.9 Å². The molecule has 6 heteroatoms. The highest BCUT2D eigenvalue weighted by Gasteiger charge is 2.22. The fourth-order valence-electron chi connectivity index (χ4n) is 2.15. The zero-order valence-corrected chi connectivity index (χ0v) is 12.6. The number of nitrogens with two attached hydrogens (primary N) is 1. The van der Waals surface area contributed by atoms with Crippen LogP contribution in [0.3, 0.4) is 0 Å². The molecular weight excluding hydrogens is 305 g/mol. The number of hydrogen-bond acceptors (Lipinski definition) is 2. The summed E-state index contributed by atoms with van der Waals surface area (Å²) in [5.41, 5.74) is 6.41. The molecule has 1 atom stereocenters. The number of benzene rings is 2. The first-order valence-corrected chi connectivity index (χ1v) is 6.51. The first-order valence-electron chi connectivity index (χ1n) is 6.51. The van der Waals surface area contributed by atoms with Crippen LogP contribution in [0, 0.1) is 11.2 Å². The Balaban J connectivity index is 0.00000242. The van der Waals surface area contributed by atoms with E-state index in [1.54, 1.807) is 30.3 Å². The topological polar surface area (TPSA) is 79.0 Å². The summed E-state index contributed by atoms with van der Waals surface area (Å²) >= 11 is 0. The van der Waals surface area contributed by atoms with Crippen LogP contribution in [0.1, 0.15) is 17.0 Å². The van der Waals surface area contributed by atoms with E-state index in [9.17, 15) is 9.18 Å². The van der Waals surface area contributed by atoms with E-state index in [1.807, 2.05) is 18.2 Å². The fourth-order valence-corrected chi connectivity index (χ4v) is 2.15. The van der Waals surface area contributed by atoms with Gasteiger partial charge in [0.2, 0.25) is 5.91 Å². The minimum Gasteiger partial charge on any atom is -0.370 e. The van der Waals surface area contributed by atoms with Crippen molar-refractivity contribution in [3.63, 3.8) is 0 Å². The lowest BCUT2D eigenvalue weighted by Gasteiger charge is -2.17. The van der Waals surface area contributed by atoms with Crippen molar-refractivity contribution in [2.24, 2.45) is 5.73 Å². The van der Waals surface area contributed by atoms with Gasteiger partial charge in [0.15, 0.2) is 5.96 Å². The molecular formula is C16H17ClFN3O. The fraction of sp³-hybridized carbons (Fsp3) is 0.125. The average Bonchev–Trinajstić information content (AvgIpc) is 2.46. The van der Waals surface area contributed by atoms with E-state index in [-0.39, 0.29) is 24.6 Å². The third kappa shape index (κ3) is 4.56. The molecule has 0 radical (unpaired) electrons. The van der Waals surface area contributed by atoms with Gasteiger partial charge < -0.3 is 5.73 Å². The molecule has 0 aromatic heterocycles. The first kappa shape index (κ1) is 17.7. The van der Waals surface area contributed by atoms with Crippen molar-refractivity contribution in [1.82, 2.24) is 5.32 Å². The second-order valence-electron chi connectivity index (χ2n) is 4.66. The first-order chi connectivity index (χ1) is 10.1. The molecule has 4 N–H and O–H groups in total. The third-order valence-corrected chi connectivity index (χ3v) is 3.16. The predicted molar refractivity (Wildman–Crippen MR) is 86.6 cm³/mol. The van der Waals surface area contributed by atoms with E-state index >= 15 is 0 Å². The highest BCUT2D eigenvalue weighted by molar-refractivity contribution is 5.98. The standard InChI is InChI=1S/C16H16FN3O.ClH/c17-14-9-5-4-8-12(14)10-13(15(21)20-16(18)19)11-6-2-1-3-7-11;/h1-9,13H,10H2,(H4,18,19,20,21);1H. The lowest BCUT2D eigenvalue weighted by molar-refractivity contribution is -0.121. The molecule has 4 nitrogen and oxygen atoms in total. The summed E-state index contributed by atoms with van der Waals surface area (Å²) in [6.45, 7) is 0. The number of amides is 1. The molecule has 0 bridgehead atoms. The summed E-state index contributed by atoms with van der Waals surface area (Å²) in [7, 11) is 0. The quantitative estimate of drug-likeness (QED) is 0.598. The molecule has 0 aliphatic heterocycles. The smallest absolute Gasteiger partial charge is 0.234 e. The molecule has 0 aliphatic carbocycles. The van der Waals surface area contributed by atoms with E-state index in [0.29, 0.717) is 5.56 Å². The molecule has 0 aliphatic rings. The van der Waals surface area contributed by atoms with Gasteiger partial charge in [-0.15, -0.1) is 12.4 Å². The monoisotopic (exact) mass is 321 g/mol. The van der Waals surface area contributed by atoms with Crippen LogP contribution < -0.4 is 11.1 Å². The molecule has 1 amide bonds. The number of hydrogen-bond donors (Lipinski definition) is 3. The molecule has 2 rings (SSSR count). The Labute approximate surface area is 134 Å². The second-order valence-corrected chi connectivity index (χ2v) is 4.66. The van der Waals surface area contributed by atoms with Crippen LogP contribution in [0.2, 0.25) is 0 Å². The summed E-state index contributed by atoms with van der Waals surface area (Å²) < 4.78 is 13.8. The molecule has 0 spiro atoms. The molecule has 2 aromatic rings. The van der Waals surface area contributed by atoms with Crippen molar-refractivity contribution in [3.8, 4) is 0 Å². The average molecular weight is 322 g/mol. The van der Waals surface area contributed by atoms with Crippen LogP contribution in [0.4, 0.5) is 4.39 Å².